The quantitative estimate of drug-likeness (QED) is 0.803. The first-order valence-electron chi connectivity index (χ1n) is 4.25. The fraction of sp³-hybridized carbons (Fsp3) is 0.300. The number of carboxylic acids is 1. The minimum atomic E-state index is -1.29. The molecule has 0 saturated heterocycles. The summed E-state index contributed by atoms with van der Waals surface area (Å²) < 4.78 is 0. The van der Waals surface area contributed by atoms with Gasteiger partial charge >= 0.3 is 5.97 Å². The number of carbonyl (C=O) groups is 1. The molecule has 1 rings (SSSR count). The molecule has 0 aliphatic heterocycles. The molecule has 0 bridgehead atoms. The molecule has 76 valence electrons. The third-order valence-electron chi connectivity index (χ3n) is 1.90. The minimum Gasteiger partial charge on any atom is -0.479 e. The molecule has 0 aromatic heterocycles. The van der Waals surface area contributed by atoms with Gasteiger partial charge in [0, 0.05) is 5.02 Å². The number of aliphatic hydroxyl groups is 1. The Bertz CT molecular complexity index is 308. The lowest BCUT2D eigenvalue weighted by Gasteiger charge is -2.04. The second-order valence-corrected chi connectivity index (χ2v) is 3.46. The third kappa shape index (κ3) is 3.36. The smallest absolute Gasteiger partial charge is 0.332 e. The monoisotopic (exact) mass is 214 g/mol. The molecule has 3 nitrogen and oxygen atoms in total. The van der Waals surface area contributed by atoms with Crippen LogP contribution in [0.5, 0.6) is 0 Å². The number of carboxylic acid groups (broad SMARTS) is 1. The maximum absolute atomic E-state index is 10.3. The van der Waals surface area contributed by atoms with Crippen LogP contribution < -0.4 is 0 Å². The summed E-state index contributed by atoms with van der Waals surface area (Å²) in [5, 5.41) is 18.1. The van der Waals surface area contributed by atoms with Crippen LogP contribution in [0, 0.1) is 0 Å². The normalized spacial score (nSPS) is 12.4. The molecule has 2 N–H and O–H groups in total. The molecule has 0 aliphatic rings. The van der Waals surface area contributed by atoms with E-state index in [4.69, 9.17) is 21.8 Å². The van der Waals surface area contributed by atoms with Gasteiger partial charge in [-0.2, -0.15) is 0 Å². The van der Waals surface area contributed by atoms with Gasteiger partial charge in [-0.1, -0.05) is 23.7 Å². The summed E-state index contributed by atoms with van der Waals surface area (Å²) in [5.41, 5.74) is 0.967. The number of hydrogen-bond donors (Lipinski definition) is 2. The van der Waals surface area contributed by atoms with E-state index in [2.05, 4.69) is 0 Å². The Hall–Kier alpha value is -1.06. The summed E-state index contributed by atoms with van der Waals surface area (Å²) in [6.07, 6.45) is -0.535. The Balaban J connectivity index is 2.46. The second kappa shape index (κ2) is 4.98. The predicted molar refractivity (Wildman–Crippen MR) is 53.4 cm³/mol. The molecule has 0 spiro atoms. The average molecular weight is 215 g/mol. The topological polar surface area (TPSA) is 57.5 Å². The van der Waals surface area contributed by atoms with Crippen molar-refractivity contribution in [1.82, 2.24) is 0 Å². The van der Waals surface area contributed by atoms with E-state index in [9.17, 15) is 4.79 Å². The van der Waals surface area contributed by atoms with Crippen molar-refractivity contribution in [3.63, 3.8) is 0 Å². The Morgan fingerprint density at radius 2 is 1.93 bits per heavy atom. The first kappa shape index (κ1) is 11.0. The van der Waals surface area contributed by atoms with E-state index in [-0.39, 0.29) is 6.42 Å². The van der Waals surface area contributed by atoms with Crippen LogP contribution in [-0.4, -0.2) is 22.3 Å². The fourth-order valence-electron chi connectivity index (χ4n) is 1.08. The summed E-state index contributed by atoms with van der Waals surface area (Å²) in [7, 11) is 0. The number of hydrogen-bond acceptors (Lipinski definition) is 2. The van der Waals surface area contributed by atoms with Crippen molar-refractivity contribution in [1.29, 1.82) is 0 Å². The molecular formula is C10H11ClO3. The van der Waals surface area contributed by atoms with Crippen molar-refractivity contribution in [3.8, 4) is 0 Å². The molecular weight excluding hydrogens is 204 g/mol. The first-order chi connectivity index (χ1) is 6.59. The average Bonchev–Trinajstić information content (AvgIpc) is 2.16. The number of rotatable bonds is 4. The van der Waals surface area contributed by atoms with Gasteiger partial charge in [0.25, 0.3) is 0 Å². The van der Waals surface area contributed by atoms with E-state index in [1.54, 1.807) is 12.1 Å². The van der Waals surface area contributed by atoms with Crippen molar-refractivity contribution in [3.05, 3.63) is 34.9 Å². The standard InChI is InChI=1S/C10H11ClO3/c11-8-4-1-7(2-5-8)3-6-9(12)10(13)14/h1-2,4-5,9,12H,3,6H2,(H,13,14). The largest absolute Gasteiger partial charge is 0.479 e. The Labute approximate surface area is 86.9 Å². The van der Waals surface area contributed by atoms with Crippen LogP contribution in [-0.2, 0) is 11.2 Å². The van der Waals surface area contributed by atoms with Gasteiger partial charge in [-0.15, -0.1) is 0 Å². The molecule has 4 heteroatoms. The second-order valence-electron chi connectivity index (χ2n) is 3.02. The van der Waals surface area contributed by atoms with Crippen LogP contribution >= 0.6 is 11.6 Å². The lowest BCUT2D eigenvalue weighted by Crippen LogP contribution is -2.19. The molecule has 1 aromatic carbocycles. The maximum atomic E-state index is 10.3. The molecule has 1 atom stereocenters. The van der Waals surface area contributed by atoms with Crippen LogP contribution in [0.25, 0.3) is 0 Å². The van der Waals surface area contributed by atoms with E-state index >= 15 is 0 Å². The summed E-state index contributed by atoms with van der Waals surface area (Å²) in [6.45, 7) is 0. The summed E-state index contributed by atoms with van der Waals surface area (Å²) in [4.78, 5) is 10.3. The Morgan fingerprint density at radius 3 is 2.43 bits per heavy atom. The van der Waals surface area contributed by atoms with Crippen molar-refractivity contribution in [2.75, 3.05) is 0 Å². The molecule has 0 aliphatic carbocycles. The summed E-state index contributed by atoms with van der Waals surface area (Å²) in [5.74, 6) is -1.18. The molecule has 1 aromatic rings. The lowest BCUT2D eigenvalue weighted by molar-refractivity contribution is -0.146. The van der Waals surface area contributed by atoms with E-state index < -0.39 is 12.1 Å². The van der Waals surface area contributed by atoms with Crippen LogP contribution in [0.4, 0.5) is 0 Å². The van der Waals surface area contributed by atoms with Crippen LogP contribution in [0.1, 0.15) is 12.0 Å². The maximum Gasteiger partial charge on any atom is 0.332 e. The van der Waals surface area contributed by atoms with Crippen molar-refractivity contribution in [2.45, 2.75) is 18.9 Å². The van der Waals surface area contributed by atoms with Crippen molar-refractivity contribution in [2.24, 2.45) is 0 Å². The number of aliphatic hydroxyl groups excluding tert-OH is 1. The van der Waals surface area contributed by atoms with Gasteiger partial charge in [-0.3, -0.25) is 0 Å². The highest BCUT2D eigenvalue weighted by molar-refractivity contribution is 6.30. The van der Waals surface area contributed by atoms with Crippen LogP contribution in [0.3, 0.4) is 0 Å². The van der Waals surface area contributed by atoms with Gasteiger partial charge in [0.1, 0.15) is 0 Å². The molecule has 14 heavy (non-hydrogen) atoms. The van der Waals surface area contributed by atoms with E-state index in [1.165, 1.54) is 0 Å². The zero-order chi connectivity index (χ0) is 10.6. The number of aliphatic carboxylic acids is 1. The zero-order valence-electron chi connectivity index (χ0n) is 7.48. The minimum absolute atomic E-state index is 0.219. The molecule has 0 saturated carbocycles. The van der Waals surface area contributed by atoms with E-state index in [0.717, 1.165) is 5.56 Å². The van der Waals surface area contributed by atoms with Gasteiger partial charge in [0.15, 0.2) is 6.10 Å². The van der Waals surface area contributed by atoms with Gasteiger partial charge in [0.05, 0.1) is 0 Å². The highest BCUT2D eigenvalue weighted by Gasteiger charge is 2.12. The third-order valence-corrected chi connectivity index (χ3v) is 2.16. The van der Waals surface area contributed by atoms with Gasteiger partial charge in [0.2, 0.25) is 0 Å². The summed E-state index contributed by atoms with van der Waals surface area (Å²) >= 11 is 5.68. The highest BCUT2D eigenvalue weighted by atomic mass is 35.5. The van der Waals surface area contributed by atoms with Crippen molar-refractivity contribution >= 4 is 17.6 Å². The molecule has 0 radical (unpaired) electrons. The molecule has 0 heterocycles. The molecule has 1 unspecified atom stereocenters. The van der Waals surface area contributed by atoms with Gasteiger partial charge < -0.3 is 10.2 Å². The molecule has 0 amide bonds. The Morgan fingerprint density at radius 1 is 1.36 bits per heavy atom. The van der Waals surface area contributed by atoms with Crippen LogP contribution in [0.15, 0.2) is 24.3 Å². The number of aryl methyl sites for hydroxylation is 1. The lowest BCUT2D eigenvalue weighted by atomic mass is 10.1. The number of halogens is 1. The van der Waals surface area contributed by atoms with E-state index in [1.807, 2.05) is 12.1 Å². The Kier molecular flexibility index (Phi) is 3.92. The van der Waals surface area contributed by atoms with Crippen LogP contribution in [0.2, 0.25) is 5.02 Å². The predicted octanol–water partition coefficient (Wildman–Crippen LogP) is 1.72. The SMILES string of the molecule is O=C(O)C(O)CCc1ccc(Cl)cc1. The highest BCUT2D eigenvalue weighted by Crippen LogP contribution is 2.11. The van der Waals surface area contributed by atoms with Crippen molar-refractivity contribution < 1.29 is 15.0 Å². The fourth-order valence-corrected chi connectivity index (χ4v) is 1.20. The van der Waals surface area contributed by atoms with Gasteiger partial charge in [-0.05, 0) is 30.5 Å². The zero-order valence-corrected chi connectivity index (χ0v) is 8.24. The number of benzene rings is 1. The molecule has 0 fully saturated rings. The summed E-state index contributed by atoms with van der Waals surface area (Å²) in [6, 6.07) is 7.11. The van der Waals surface area contributed by atoms with E-state index in [0.29, 0.717) is 11.4 Å². The van der Waals surface area contributed by atoms with Gasteiger partial charge in [-0.25, -0.2) is 4.79 Å². The first-order valence-corrected chi connectivity index (χ1v) is 4.62.